The van der Waals surface area contributed by atoms with Gasteiger partial charge in [0.05, 0.1) is 18.7 Å². The van der Waals surface area contributed by atoms with E-state index in [0.717, 1.165) is 16.7 Å². The van der Waals surface area contributed by atoms with Crippen molar-refractivity contribution in [2.24, 2.45) is 0 Å². The minimum Gasteiger partial charge on any atom is -0.375 e. The summed E-state index contributed by atoms with van der Waals surface area (Å²) in [6.45, 7) is 4.11. The molecule has 0 radical (unpaired) electrons. The average Bonchev–Trinajstić information content (AvgIpc) is 2.90. The lowest BCUT2D eigenvalue weighted by Gasteiger charge is -2.23. The number of carbonyl (C=O) groups is 2. The number of Topliss-reactive ketones (excluding diaryl/α,β-unsaturated/α-hetero) is 1. The molecule has 0 saturated carbocycles. The van der Waals surface area contributed by atoms with Crippen molar-refractivity contribution < 1.29 is 14.7 Å². The van der Waals surface area contributed by atoms with Crippen molar-refractivity contribution in [1.29, 1.82) is 0 Å². The molecule has 0 saturated heterocycles. The van der Waals surface area contributed by atoms with Crippen LogP contribution in [0.2, 0.25) is 5.02 Å². The summed E-state index contributed by atoms with van der Waals surface area (Å²) >= 11 is 6.18. The van der Waals surface area contributed by atoms with Crippen LogP contribution in [0.5, 0.6) is 0 Å². The molecule has 1 heterocycles. The van der Waals surface area contributed by atoms with E-state index in [1.165, 1.54) is 4.90 Å². The van der Waals surface area contributed by atoms with Gasteiger partial charge in [0.15, 0.2) is 11.4 Å². The molecule has 5 heteroatoms. The third-order valence-electron chi connectivity index (χ3n) is 5.58. The maximum atomic E-state index is 13.4. The van der Waals surface area contributed by atoms with Crippen LogP contribution < -0.4 is 4.90 Å². The zero-order chi connectivity index (χ0) is 21.5. The van der Waals surface area contributed by atoms with Gasteiger partial charge < -0.3 is 10.0 Å². The summed E-state index contributed by atoms with van der Waals surface area (Å²) < 4.78 is 0. The number of fused-ring (bicyclic) bond motifs is 1. The molecule has 0 aromatic heterocycles. The molecule has 0 unspecified atom stereocenters. The Hall–Kier alpha value is -2.95. The van der Waals surface area contributed by atoms with E-state index in [-0.39, 0.29) is 12.2 Å². The van der Waals surface area contributed by atoms with Gasteiger partial charge in [0.25, 0.3) is 5.91 Å². The molecule has 1 amide bonds. The number of rotatable bonds is 5. The van der Waals surface area contributed by atoms with Crippen LogP contribution in [0.15, 0.2) is 66.7 Å². The highest BCUT2D eigenvalue weighted by Gasteiger charge is 2.51. The fraction of sp³-hybridized carbons (Fsp3) is 0.200. The Balaban J connectivity index is 1.72. The zero-order valence-electron chi connectivity index (χ0n) is 16.9. The monoisotopic (exact) mass is 419 g/mol. The Labute approximate surface area is 180 Å². The Morgan fingerprint density at radius 3 is 2.47 bits per heavy atom. The summed E-state index contributed by atoms with van der Waals surface area (Å²) in [6, 6.07) is 20.0. The minimum atomic E-state index is -1.95. The first-order chi connectivity index (χ1) is 14.3. The Kier molecular flexibility index (Phi) is 5.22. The summed E-state index contributed by atoms with van der Waals surface area (Å²) in [5.74, 6) is -0.794. The second-order valence-electron chi connectivity index (χ2n) is 7.82. The minimum absolute atomic E-state index is 0.282. The van der Waals surface area contributed by atoms with E-state index in [2.05, 4.69) is 0 Å². The summed E-state index contributed by atoms with van der Waals surface area (Å²) in [5, 5.41) is 11.9. The second kappa shape index (κ2) is 7.71. The van der Waals surface area contributed by atoms with Crippen LogP contribution in [0.25, 0.3) is 0 Å². The van der Waals surface area contributed by atoms with Crippen LogP contribution in [0.4, 0.5) is 5.69 Å². The Morgan fingerprint density at radius 2 is 1.77 bits per heavy atom. The molecule has 4 nitrogen and oxygen atoms in total. The van der Waals surface area contributed by atoms with Crippen LogP contribution >= 0.6 is 11.6 Å². The van der Waals surface area contributed by atoms with E-state index >= 15 is 0 Å². The lowest BCUT2D eigenvalue weighted by Crippen LogP contribution is -2.41. The summed E-state index contributed by atoms with van der Waals surface area (Å²) in [5.41, 5.74) is 2.29. The predicted octanol–water partition coefficient (Wildman–Crippen LogP) is 4.96. The SMILES string of the molecule is Cc1ccc(C(=O)C[C@@]2(O)C(=O)N(Cc3ccccc3)c3ccc(Cl)cc32)c(C)c1. The predicted molar refractivity (Wildman–Crippen MR) is 118 cm³/mol. The normalized spacial score (nSPS) is 17.9. The molecule has 1 atom stereocenters. The van der Waals surface area contributed by atoms with E-state index in [9.17, 15) is 14.7 Å². The van der Waals surface area contributed by atoms with E-state index in [1.807, 2.05) is 56.3 Å². The van der Waals surface area contributed by atoms with Crippen molar-refractivity contribution in [3.8, 4) is 0 Å². The van der Waals surface area contributed by atoms with Gasteiger partial charge in [-0.05, 0) is 43.2 Å². The van der Waals surface area contributed by atoms with Crippen LogP contribution in [-0.2, 0) is 16.9 Å². The first-order valence-electron chi connectivity index (χ1n) is 9.78. The van der Waals surface area contributed by atoms with E-state index in [4.69, 9.17) is 11.6 Å². The smallest absolute Gasteiger partial charge is 0.264 e. The number of aryl methyl sites for hydroxylation is 2. The van der Waals surface area contributed by atoms with Gasteiger partial charge in [-0.3, -0.25) is 9.59 Å². The molecule has 30 heavy (non-hydrogen) atoms. The van der Waals surface area contributed by atoms with Crippen LogP contribution in [0.3, 0.4) is 0 Å². The summed E-state index contributed by atoms with van der Waals surface area (Å²) in [4.78, 5) is 28.0. The number of halogens is 1. The molecule has 3 aromatic carbocycles. The molecule has 0 bridgehead atoms. The third-order valence-corrected chi connectivity index (χ3v) is 5.81. The number of benzene rings is 3. The number of anilines is 1. The van der Waals surface area contributed by atoms with Gasteiger partial charge in [-0.15, -0.1) is 0 Å². The van der Waals surface area contributed by atoms with E-state index in [0.29, 0.717) is 28.4 Å². The molecule has 1 aliphatic heterocycles. The van der Waals surface area contributed by atoms with Gasteiger partial charge in [-0.25, -0.2) is 0 Å². The standard InChI is InChI=1S/C25H22ClNO3/c1-16-8-10-20(17(2)12-16)23(28)14-25(30)21-13-19(26)9-11-22(21)27(24(25)29)15-18-6-4-3-5-7-18/h3-13,30H,14-15H2,1-2H3/t25-/m0/s1. The van der Waals surface area contributed by atoms with Crippen molar-refractivity contribution in [3.63, 3.8) is 0 Å². The molecule has 0 fully saturated rings. The molecule has 1 N–H and O–H groups in total. The van der Waals surface area contributed by atoms with Gasteiger partial charge in [0.1, 0.15) is 0 Å². The van der Waals surface area contributed by atoms with Gasteiger partial charge in [-0.2, -0.15) is 0 Å². The maximum absolute atomic E-state index is 13.4. The highest BCUT2D eigenvalue weighted by molar-refractivity contribution is 6.31. The first-order valence-corrected chi connectivity index (χ1v) is 10.2. The van der Waals surface area contributed by atoms with Crippen LogP contribution in [0, 0.1) is 13.8 Å². The lowest BCUT2D eigenvalue weighted by molar-refractivity contribution is -0.136. The number of hydrogen-bond acceptors (Lipinski definition) is 3. The second-order valence-corrected chi connectivity index (χ2v) is 8.25. The number of amides is 1. The topological polar surface area (TPSA) is 57.6 Å². The van der Waals surface area contributed by atoms with E-state index in [1.54, 1.807) is 24.3 Å². The summed E-state index contributed by atoms with van der Waals surface area (Å²) in [6.07, 6.45) is -0.339. The number of ketones is 1. The average molecular weight is 420 g/mol. The fourth-order valence-corrected chi connectivity index (χ4v) is 4.24. The molecular weight excluding hydrogens is 398 g/mol. The van der Waals surface area contributed by atoms with Gasteiger partial charge in [0.2, 0.25) is 0 Å². The maximum Gasteiger partial charge on any atom is 0.264 e. The van der Waals surface area contributed by atoms with Crippen LogP contribution in [-0.4, -0.2) is 16.8 Å². The molecule has 3 aromatic rings. The first kappa shape index (κ1) is 20.3. The Morgan fingerprint density at radius 1 is 1.03 bits per heavy atom. The quantitative estimate of drug-likeness (QED) is 0.594. The number of aliphatic hydroxyl groups is 1. The van der Waals surface area contributed by atoms with Gasteiger partial charge in [0, 0.05) is 16.1 Å². The molecule has 0 aliphatic carbocycles. The fourth-order valence-electron chi connectivity index (χ4n) is 4.07. The van der Waals surface area contributed by atoms with Gasteiger partial charge in [-0.1, -0.05) is 65.7 Å². The van der Waals surface area contributed by atoms with Crippen LogP contribution in [0.1, 0.15) is 39.0 Å². The van der Waals surface area contributed by atoms with Crippen molar-refractivity contribution in [2.75, 3.05) is 4.90 Å². The molecule has 0 spiro atoms. The molecule has 1 aliphatic rings. The largest absolute Gasteiger partial charge is 0.375 e. The Bertz CT molecular complexity index is 1140. The van der Waals surface area contributed by atoms with Crippen molar-refractivity contribution >= 4 is 29.0 Å². The van der Waals surface area contributed by atoms with Gasteiger partial charge >= 0.3 is 0 Å². The molecular formula is C25H22ClNO3. The van der Waals surface area contributed by atoms with Crippen molar-refractivity contribution in [2.45, 2.75) is 32.4 Å². The summed E-state index contributed by atoms with van der Waals surface area (Å²) in [7, 11) is 0. The third kappa shape index (κ3) is 3.53. The lowest BCUT2D eigenvalue weighted by atomic mass is 9.87. The van der Waals surface area contributed by atoms with Crippen molar-refractivity contribution in [1.82, 2.24) is 0 Å². The molecule has 152 valence electrons. The van der Waals surface area contributed by atoms with E-state index < -0.39 is 11.5 Å². The van der Waals surface area contributed by atoms with Crippen molar-refractivity contribution in [3.05, 3.63) is 99.6 Å². The zero-order valence-corrected chi connectivity index (χ0v) is 17.6. The number of carbonyl (C=O) groups excluding carboxylic acids is 2. The molecule has 4 rings (SSSR count). The number of hydrogen-bond donors (Lipinski definition) is 1. The number of nitrogens with zero attached hydrogens (tertiary/aromatic N) is 1. The highest BCUT2D eigenvalue weighted by Crippen LogP contribution is 2.44. The highest BCUT2D eigenvalue weighted by atomic mass is 35.5.